The first-order chi connectivity index (χ1) is 10.6. The molecule has 0 radical (unpaired) electrons. The number of nitrogens with zero attached hydrogens (tertiary/aromatic N) is 1. The van der Waals surface area contributed by atoms with Gasteiger partial charge < -0.3 is 14.8 Å². The second kappa shape index (κ2) is 5.96. The summed E-state index contributed by atoms with van der Waals surface area (Å²) in [7, 11) is 1.61. The zero-order valence-corrected chi connectivity index (χ0v) is 12.5. The van der Waals surface area contributed by atoms with Gasteiger partial charge in [0, 0.05) is 13.6 Å². The van der Waals surface area contributed by atoms with Crippen LogP contribution in [0.15, 0.2) is 27.4 Å². The van der Waals surface area contributed by atoms with Gasteiger partial charge in [-0.05, 0) is 37.3 Å². The van der Waals surface area contributed by atoms with E-state index in [2.05, 4.69) is 5.32 Å². The summed E-state index contributed by atoms with van der Waals surface area (Å²) in [6, 6.07) is 5.13. The third kappa shape index (κ3) is 2.78. The van der Waals surface area contributed by atoms with Crippen molar-refractivity contribution in [1.82, 2.24) is 9.88 Å². The zero-order valence-electron chi connectivity index (χ0n) is 12.5. The van der Waals surface area contributed by atoms with Gasteiger partial charge in [-0.1, -0.05) is 12.5 Å². The van der Waals surface area contributed by atoms with Gasteiger partial charge in [0.05, 0.1) is 17.2 Å². The van der Waals surface area contributed by atoms with Crippen molar-refractivity contribution in [2.45, 2.75) is 31.8 Å². The Morgan fingerprint density at radius 1 is 1.45 bits per heavy atom. The zero-order chi connectivity index (χ0) is 15.7. The molecule has 1 fully saturated rings. The number of aryl methyl sites for hydroxylation is 1. The summed E-state index contributed by atoms with van der Waals surface area (Å²) in [6.07, 6.45) is 3.32. The first kappa shape index (κ1) is 14.8. The molecule has 2 aromatic rings. The van der Waals surface area contributed by atoms with Gasteiger partial charge in [-0.25, -0.2) is 4.79 Å². The molecule has 1 amide bonds. The Balaban J connectivity index is 1.75. The van der Waals surface area contributed by atoms with Crippen molar-refractivity contribution in [2.75, 3.05) is 6.54 Å². The van der Waals surface area contributed by atoms with Crippen molar-refractivity contribution in [1.29, 1.82) is 0 Å². The first-order valence-corrected chi connectivity index (χ1v) is 7.61. The molecule has 3 rings (SSSR count). The van der Waals surface area contributed by atoms with E-state index in [4.69, 9.17) is 4.42 Å². The second-order valence-electron chi connectivity index (χ2n) is 5.98. The molecule has 0 saturated heterocycles. The molecule has 118 valence electrons. The van der Waals surface area contributed by atoms with Crippen LogP contribution in [0.25, 0.3) is 11.1 Å². The topological polar surface area (TPSA) is 84.5 Å². The number of carbonyl (C=O) groups excluding carboxylic acids is 1. The molecule has 1 aromatic carbocycles. The highest BCUT2D eigenvalue weighted by molar-refractivity contribution is 6.04. The van der Waals surface area contributed by atoms with Crippen LogP contribution in [0.5, 0.6) is 0 Å². The van der Waals surface area contributed by atoms with E-state index in [0.717, 1.165) is 25.7 Å². The number of para-hydroxylation sites is 1. The Morgan fingerprint density at radius 2 is 2.27 bits per heavy atom. The molecule has 1 saturated carbocycles. The number of nitrogens with one attached hydrogen (secondary N) is 1. The molecular formula is C16H20N2O4. The number of aromatic nitrogens is 1. The summed E-state index contributed by atoms with van der Waals surface area (Å²) in [4.78, 5) is 23.9. The lowest BCUT2D eigenvalue weighted by Gasteiger charge is -2.25. The quantitative estimate of drug-likeness (QED) is 0.898. The van der Waals surface area contributed by atoms with Crippen molar-refractivity contribution in [3.63, 3.8) is 0 Å². The van der Waals surface area contributed by atoms with Crippen LogP contribution in [0.2, 0.25) is 0 Å². The van der Waals surface area contributed by atoms with Gasteiger partial charge in [0.15, 0.2) is 5.58 Å². The Kier molecular flexibility index (Phi) is 4.02. The molecule has 1 heterocycles. The molecule has 1 aliphatic rings. The lowest BCUT2D eigenvalue weighted by atomic mass is 9.87. The van der Waals surface area contributed by atoms with Crippen LogP contribution in [-0.2, 0) is 7.05 Å². The fourth-order valence-electron chi connectivity index (χ4n) is 3.11. The van der Waals surface area contributed by atoms with Crippen molar-refractivity contribution >= 4 is 17.0 Å². The molecule has 6 nitrogen and oxygen atoms in total. The summed E-state index contributed by atoms with van der Waals surface area (Å²) in [6.45, 7) is 0.531. The predicted molar refractivity (Wildman–Crippen MR) is 81.8 cm³/mol. The molecule has 22 heavy (non-hydrogen) atoms. The van der Waals surface area contributed by atoms with Crippen molar-refractivity contribution in [3.05, 3.63) is 34.3 Å². The number of benzene rings is 1. The first-order valence-electron chi connectivity index (χ1n) is 7.61. The number of aliphatic hydroxyl groups excluding tert-OH is 1. The standard InChI is InChI=1S/C16H20N2O4/c1-18-13-7-3-6-12(14(13)22-16(18)21)15(20)17-9-10-4-2-5-11(19)8-10/h3,6-7,10-11,19H,2,4-5,8-9H2,1H3,(H,17,20). The highest BCUT2D eigenvalue weighted by Crippen LogP contribution is 2.24. The van der Waals surface area contributed by atoms with E-state index >= 15 is 0 Å². The molecule has 2 unspecified atom stereocenters. The molecule has 0 bridgehead atoms. The average molecular weight is 304 g/mol. The number of hydrogen-bond acceptors (Lipinski definition) is 4. The molecule has 6 heteroatoms. The summed E-state index contributed by atoms with van der Waals surface area (Å²) >= 11 is 0. The van der Waals surface area contributed by atoms with E-state index in [9.17, 15) is 14.7 Å². The Hall–Kier alpha value is -2.08. The van der Waals surface area contributed by atoms with Crippen LogP contribution in [0.3, 0.4) is 0 Å². The van der Waals surface area contributed by atoms with E-state index in [-0.39, 0.29) is 12.0 Å². The van der Waals surface area contributed by atoms with E-state index in [1.54, 1.807) is 25.2 Å². The summed E-state index contributed by atoms with van der Waals surface area (Å²) in [5.41, 5.74) is 1.29. The summed E-state index contributed by atoms with van der Waals surface area (Å²) < 4.78 is 6.54. The lowest BCUT2D eigenvalue weighted by Crippen LogP contribution is -2.33. The highest BCUT2D eigenvalue weighted by Gasteiger charge is 2.22. The monoisotopic (exact) mass is 304 g/mol. The Morgan fingerprint density at radius 3 is 3.05 bits per heavy atom. The van der Waals surface area contributed by atoms with Crippen LogP contribution in [-0.4, -0.2) is 28.2 Å². The number of fused-ring (bicyclic) bond motifs is 1. The molecular weight excluding hydrogens is 284 g/mol. The minimum Gasteiger partial charge on any atom is -0.407 e. The highest BCUT2D eigenvalue weighted by atomic mass is 16.4. The summed E-state index contributed by atoms with van der Waals surface area (Å²) in [5.74, 6) is -0.430. The maximum Gasteiger partial charge on any atom is 0.419 e. The van der Waals surface area contributed by atoms with E-state index in [1.165, 1.54) is 4.57 Å². The molecule has 0 spiro atoms. The SMILES string of the molecule is Cn1c(=O)oc2c(C(=O)NCC3CCCC(O)C3)cccc21. The van der Waals surface area contributed by atoms with Crippen LogP contribution in [0.4, 0.5) is 0 Å². The number of hydrogen-bond donors (Lipinski definition) is 2. The van der Waals surface area contributed by atoms with Gasteiger partial charge in [-0.15, -0.1) is 0 Å². The molecule has 1 aromatic heterocycles. The number of amides is 1. The van der Waals surface area contributed by atoms with E-state index in [0.29, 0.717) is 29.1 Å². The molecule has 0 aliphatic heterocycles. The van der Waals surface area contributed by atoms with Crippen LogP contribution >= 0.6 is 0 Å². The van der Waals surface area contributed by atoms with Gasteiger partial charge in [0.25, 0.3) is 5.91 Å². The number of carbonyl (C=O) groups is 1. The Labute approximate surface area is 127 Å². The molecule has 1 aliphatic carbocycles. The minimum atomic E-state index is -0.481. The van der Waals surface area contributed by atoms with Gasteiger partial charge in [-0.2, -0.15) is 0 Å². The second-order valence-corrected chi connectivity index (χ2v) is 5.98. The average Bonchev–Trinajstić information content (AvgIpc) is 2.80. The van der Waals surface area contributed by atoms with Gasteiger partial charge in [-0.3, -0.25) is 9.36 Å². The number of oxazole rings is 1. The predicted octanol–water partition coefficient (Wildman–Crippen LogP) is 1.41. The normalized spacial score (nSPS) is 21.9. The van der Waals surface area contributed by atoms with Crippen LogP contribution in [0, 0.1) is 5.92 Å². The van der Waals surface area contributed by atoms with Crippen LogP contribution < -0.4 is 11.1 Å². The minimum absolute atomic E-state index is 0.250. The maximum absolute atomic E-state index is 12.4. The van der Waals surface area contributed by atoms with Gasteiger partial charge >= 0.3 is 5.76 Å². The van der Waals surface area contributed by atoms with Crippen molar-refractivity contribution in [2.24, 2.45) is 13.0 Å². The van der Waals surface area contributed by atoms with Crippen LogP contribution in [0.1, 0.15) is 36.0 Å². The third-order valence-electron chi connectivity index (χ3n) is 4.37. The third-order valence-corrected chi connectivity index (χ3v) is 4.37. The van der Waals surface area contributed by atoms with Gasteiger partial charge in [0.2, 0.25) is 0 Å². The van der Waals surface area contributed by atoms with Crippen molar-refractivity contribution in [3.8, 4) is 0 Å². The van der Waals surface area contributed by atoms with Gasteiger partial charge in [0.1, 0.15) is 0 Å². The van der Waals surface area contributed by atoms with E-state index < -0.39 is 5.76 Å². The maximum atomic E-state index is 12.4. The lowest BCUT2D eigenvalue weighted by molar-refractivity contribution is 0.0874. The smallest absolute Gasteiger partial charge is 0.407 e. The number of rotatable bonds is 3. The van der Waals surface area contributed by atoms with Crippen molar-refractivity contribution < 1.29 is 14.3 Å². The fourth-order valence-corrected chi connectivity index (χ4v) is 3.11. The summed E-state index contributed by atoms with van der Waals surface area (Å²) in [5, 5.41) is 12.6. The molecule has 2 N–H and O–H groups in total. The fraction of sp³-hybridized carbons (Fsp3) is 0.500. The molecule has 2 atom stereocenters. The van der Waals surface area contributed by atoms with E-state index in [1.807, 2.05) is 0 Å². The Bertz CT molecular complexity index is 746. The number of aliphatic hydroxyl groups is 1. The largest absolute Gasteiger partial charge is 0.419 e.